The van der Waals surface area contributed by atoms with Crippen LogP contribution in [0.25, 0.3) is 0 Å². The quantitative estimate of drug-likeness (QED) is 0.745. The number of hydrogen-bond acceptors (Lipinski definition) is 3. The number of aryl methyl sites for hydroxylation is 1. The first-order valence-electron chi connectivity index (χ1n) is 6.19. The van der Waals surface area contributed by atoms with Gasteiger partial charge in [0, 0.05) is 0 Å². The molecular formula is C15H20O2S2. The molecule has 19 heavy (non-hydrogen) atoms. The average molecular weight is 296 g/mol. The Morgan fingerprint density at radius 2 is 1.84 bits per heavy atom. The molecule has 0 amide bonds. The Labute approximate surface area is 120 Å². The van der Waals surface area contributed by atoms with E-state index in [1.165, 1.54) is 0 Å². The van der Waals surface area contributed by atoms with E-state index >= 15 is 0 Å². The molecule has 1 aromatic rings. The molecular weight excluding hydrogens is 276 g/mol. The smallest absolute Gasteiger partial charge is 0.184 e. The Morgan fingerprint density at radius 3 is 2.37 bits per heavy atom. The van der Waals surface area contributed by atoms with Gasteiger partial charge in [-0.3, -0.25) is 0 Å². The van der Waals surface area contributed by atoms with Crippen molar-refractivity contribution in [3.05, 3.63) is 53.5 Å². The first-order valence-corrected chi connectivity index (χ1v) is 9.02. The number of hydrogen-bond donors (Lipinski definition) is 0. The molecule has 0 aliphatic carbocycles. The molecule has 0 heterocycles. The monoisotopic (exact) mass is 296 g/mol. The largest absolute Gasteiger partial charge is 0.223 e. The summed E-state index contributed by atoms with van der Waals surface area (Å²) in [5.41, 5.74) is 1.06. The van der Waals surface area contributed by atoms with Crippen molar-refractivity contribution in [1.82, 2.24) is 0 Å². The number of allylic oxidation sites excluding steroid dienone is 2. The fraction of sp³-hybridized carbons (Fsp3) is 0.333. The van der Waals surface area contributed by atoms with Crippen molar-refractivity contribution >= 4 is 21.6 Å². The zero-order valence-electron chi connectivity index (χ0n) is 11.5. The van der Waals surface area contributed by atoms with Gasteiger partial charge in [-0.05, 0) is 37.1 Å². The molecule has 0 spiro atoms. The van der Waals surface area contributed by atoms with E-state index in [0.29, 0.717) is 11.3 Å². The predicted octanol–water partition coefficient (Wildman–Crippen LogP) is 3.98. The highest BCUT2D eigenvalue weighted by atomic mass is 32.2. The second kappa shape index (κ2) is 7.56. The van der Waals surface area contributed by atoms with E-state index in [1.54, 1.807) is 36.0 Å². The van der Waals surface area contributed by atoms with Crippen LogP contribution in [0.2, 0.25) is 0 Å². The normalized spacial score (nSPS) is 14.3. The summed E-state index contributed by atoms with van der Waals surface area (Å²) in [4.78, 5) is 0.392. The summed E-state index contributed by atoms with van der Waals surface area (Å²) in [5, 5.41) is 1.45. The molecule has 104 valence electrons. The van der Waals surface area contributed by atoms with Crippen molar-refractivity contribution in [2.75, 3.05) is 6.26 Å². The van der Waals surface area contributed by atoms with Crippen LogP contribution in [0.1, 0.15) is 18.9 Å². The third kappa shape index (κ3) is 4.55. The van der Waals surface area contributed by atoms with Crippen molar-refractivity contribution in [3.8, 4) is 0 Å². The van der Waals surface area contributed by atoms with E-state index < -0.39 is 15.1 Å². The Balaban J connectivity index is 2.99. The van der Waals surface area contributed by atoms with Crippen LogP contribution in [0.4, 0.5) is 0 Å². The fourth-order valence-corrected chi connectivity index (χ4v) is 3.52. The van der Waals surface area contributed by atoms with Crippen molar-refractivity contribution in [1.29, 1.82) is 0 Å². The maximum atomic E-state index is 12.5. The summed E-state index contributed by atoms with van der Waals surface area (Å²) < 4.78 is 24.9. The number of sulfone groups is 1. The second-order valence-electron chi connectivity index (χ2n) is 4.25. The zero-order chi connectivity index (χ0) is 14.3. The third-order valence-electron chi connectivity index (χ3n) is 2.80. The second-order valence-corrected chi connectivity index (χ2v) is 7.16. The van der Waals surface area contributed by atoms with Crippen LogP contribution in [-0.2, 0) is 9.84 Å². The maximum Gasteiger partial charge on any atom is 0.184 e. The number of benzene rings is 1. The minimum Gasteiger partial charge on any atom is -0.223 e. The van der Waals surface area contributed by atoms with Crippen molar-refractivity contribution < 1.29 is 8.42 Å². The van der Waals surface area contributed by atoms with Gasteiger partial charge in [-0.15, -0.1) is 11.8 Å². The van der Waals surface area contributed by atoms with Gasteiger partial charge in [0.25, 0.3) is 0 Å². The van der Waals surface area contributed by atoms with Crippen molar-refractivity contribution in [2.45, 2.75) is 30.4 Å². The zero-order valence-corrected chi connectivity index (χ0v) is 13.2. The summed E-state index contributed by atoms with van der Waals surface area (Å²) in [6.45, 7) is 3.83. The Hall–Kier alpha value is -1.00. The number of rotatable bonds is 6. The lowest BCUT2D eigenvalue weighted by Crippen LogP contribution is -2.18. The average Bonchev–Trinajstić information content (AvgIpc) is 2.39. The molecule has 0 aliphatic heterocycles. The first kappa shape index (κ1) is 16.1. The molecule has 0 saturated carbocycles. The molecule has 1 aromatic carbocycles. The highest BCUT2D eigenvalue weighted by molar-refractivity contribution is 8.01. The van der Waals surface area contributed by atoms with Gasteiger partial charge in [0.15, 0.2) is 9.84 Å². The standard InChI is InChI=1S/C15H20O2S2/c1-4-14(7-5-6-12-18-3)19(16,17)15-10-8-13(2)9-11-15/h5-12,14H,4H2,1-3H3. The molecule has 0 aromatic heterocycles. The van der Waals surface area contributed by atoms with Crippen LogP contribution < -0.4 is 0 Å². The van der Waals surface area contributed by atoms with Crippen LogP contribution in [0, 0.1) is 6.92 Å². The molecule has 1 unspecified atom stereocenters. The van der Waals surface area contributed by atoms with Gasteiger partial charge in [0.05, 0.1) is 10.1 Å². The van der Waals surface area contributed by atoms with Crippen LogP contribution in [-0.4, -0.2) is 19.9 Å². The summed E-state index contributed by atoms with van der Waals surface area (Å²) in [7, 11) is -3.28. The van der Waals surface area contributed by atoms with E-state index in [-0.39, 0.29) is 0 Å². The fourth-order valence-electron chi connectivity index (χ4n) is 1.67. The molecule has 0 bridgehead atoms. The first-order chi connectivity index (χ1) is 9.02. The van der Waals surface area contributed by atoms with Gasteiger partial charge < -0.3 is 0 Å². The van der Waals surface area contributed by atoms with E-state index in [4.69, 9.17) is 0 Å². The summed E-state index contributed by atoms with van der Waals surface area (Å²) in [5.74, 6) is 0. The minimum absolute atomic E-state index is 0.392. The van der Waals surface area contributed by atoms with Crippen molar-refractivity contribution in [2.24, 2.45) is 0 Å². The van der Waals surface area contributed by atoms with Gasteiger partial charge in [-0.1, -0.05) is 42.8 Å². The Bertz CT molecular complexity index is 540. The summed E-state index contributed by atoms with van der Waals surface area (Å²) in [6.07, 6.45) is 7.95. The molecule has 0 fully saturated rings. The van der Waals surface area contributed by atoms with Gasteiger partial charge in [0.1, 0.15) is 0 Å². The van der Waals surface area contributed by atoms with E-state index in [0.717, 1.165) is 5.56 Å². The lowest BCUT2D eigenvalue weighted by atomic mass is 10.2. The highest BCUT2D eigenvalue weighted by Gasteiger charge is 2.23. The molecule has 0 radical (unpaired) electrons. The minimum atomic E-state index is -3.28. The van der Waals surface area contributed by atoms with Crippen LogP contribution in [0.5, 0.6) is 0 Å². The SMILES string of the molecule is CCC(C=CC=CSC)S(=O)(=O)c1ccc(C)cc1. The topological polar surface area (TPSA) is 34.1 Å². The van der Waals surface area contributed by atoms with Gasteiger partial charge in [-0.2, -0.15) is 0 Å². The predicted molar refractivity (Wildman–Crippen MR) is 84.2 cm³/mol. The number of thioether (sulfide) groups is 1. The molecule has 1 atom stereocenters. The van der Waals surface area contributed by atoms with E-state index in [2.05, 4.69) is 0 Å². The highest BCUT2D eigenvalue weighted by Crippen LogP contribution is 2.20. The molecule has 1 rings (SSSR count). The summed E-state index contributed by atoms with van der Waals surface area (Å²) >= 11 is 1.59. The van der Waals surface area contributed by atoms with E-state index in [9.17, 15) is 8.42 Å². The third-order valence-corrected chi connectivity index (χ3v) is 5.45. The van der Waals surface area contributed by atoms with Crippen LogP contribution in [0.3, 0.4) is 0 Å². The van der Waals surface area contributed by atoms with Gasteiger partial charge >= 0.3 is 0 Å². The van der Waals surface area contributed by atoms with Crippen LogP contribution in [0.15, 0.2) is 52.8 Å². The molecule has 0 aliphatic rings. The molecule has 0 N–H and O–H groups in total. The Kier molecular flexibility index (Phi) is 6.38. The van der Waals surface area contributed by atoms with Crippen LogP contribution >= 0.6 is 11.8 Å². The molecule has 0 saturated heterocycles. The van der Waals surface area contributed by atoms with E-state index in [1.807, 2.05) is 43.7 Å². The summed E-state index contributed by atoms with van der Waals surface area (Å²) in [6, 6.07) is 7.02. The van der Waals surface area contributed by atoms with Crippen molar-refractivity contribution in [3.63, 3.8) is 0 Å². The maximum absolute atomic E-state index is 12.5. The molecule has 2 nitrogen and oxygen atoms in total. The lowest BCUT2D eigenvalue weighted by molar-refractivity contribution is 0.586. The Morgan fingerprint density at radius 1 is 1.21 bits per heavy atom. The van der Waals surface area contributed by atoms with Gasteiger partial charge in [0.2, 0.25) is 0 Å². The van der Waals surface area contributed by atoms with Gasteiger partial charge in [-0.25, -0.2) is 8.42 Å². The molecule has 4 heteroatoms. The lowest BCUT2D eigenvalue weighted by Gasteiger charge is -2.12.